The van der Waals surface area contributed by atoms with Gasteiger partial charge >= 0.3 is 5.97 Å². The quantitative estimate of drug-likeness (QED) is 0.719. The van der Waals surface area contributed by atoms with E-state index in [1.807, 2.05) is 0 Å². The summed E-state index contributed by atoms with van der Waals surface area (Å²) < 4.78 is 18.5. The molecule has 0 unspecified atom stereocenters. The summed E-state index contributed by atoms with van der Waals surface area (Å²) in [4.78, 5) is 22.5. The zero-order chi connectivity index (χ0) is 11.7. The number of ketones is 1. The second-order valence-corrected chi connectivity index (χ2v) is 3.85. The van der Waals surface area contributed by atoms with Gasteiger partial charge in [-0.25, -0.2) is 4.39 Å². The average Bonchev–Trinajstić information content (AvgIpc) is 2.61. The van der Waals surface area contributed by atoms with Gasteiger partial charge in [0.15, 0.2) is 0 Å². The minimum absolute atomic E-state index is 0.0360. The van der Waals surface area contributed by atoms with Crippen molar-refractivity contribution >= 4 is 11.8 Å². The lowest BCUT2D eigenvalue weighted by atomic mass is 9.92. The Morgan fingerprint density at radius 1 is 1.44 bits per heavy atom. The molecule has 0 amide bonds. The summed E-state index contributed by atoms with van der Waals surface area (Å²) in [6, 6.07) is 6.04. The van der Waals surface area contributed by atoms with Crippen molar-refractivity contribution in [1.82, 2.24) is 0 Å². The Balaban J connectivity index is 2.36. The van der Waals surface area contributed by atoms with Crippen LogP contribution in [0.4, 0.5) is 4.39 Å². The summed E-state index contributed by atoms with van der Waals surface area (Å²) in [6.07, 6.45) is -0.736. The van der Waals surface area contributed by atoms with Crippen LogP contribution in [0.2, 0.25) is 0 Å². The maximum absolute atomic E-state index is 13.5. The van der Waals surface area contributed by atoms with Gasteiger partial charge in [0.05, 0.1) is 12.3 Å². The smallest absolute Gasteiger partial charge is 0.307 e. The summed E-state index contributed by atoms with van der Waals surface area (Å²) in [5, 5.41) is 0. The van der Waals surface area contributed by atoms with E-state index in [0.717, 1.165) is 0 Å². The number of rotatable bonds is 2. The molecule has 2 rings (SSSR count). The van der Waals surface area contributed by atoms with Gasteiger partial charge in [-0.2, -0.15) is 0 Å². The van der Waals surface area contributed by atoms with Gasteiger partial charge < -0.3 is 4.74 Å². The normalized spacial score (nSPS) is 24.2. The largest absolute Gasteiger partial charge is 0.457 e. The number of hydrogen-bond acceptors (Lipinski definition) is 3. The molecule has 1 aromatic carbocycles. The molecule has 1 aliphatic rings. The van der Waals surface area contributed by atoms with Crippen molar-refractivity contribution in [2.75, 3.05) is 0 Å². The fourth-order valence-corrected chi connectivity index (χ4v) is 1.90. The molecule has 1 heterocycles. The Kier molecular flexibility index (Phi) is 2.73. The molecule has 0 N–H and O–H groups in total. The fraction of sp³-hybridized carbons (Fsp3) is 0.333. The number of cyclic esters (lactones) is 1. The molecule has 3 nitrogen and oxygen atoms in total. The highest BCUT2D eigenvalue weighted by molar-refractivity contribution is 5.86. The van der Waals surface area contributed by atoms with Crippen LogP contribution in [-0.4, -0.2) is 11.8 Å². The monoisotopic (exact) mass is 222 g/mol. The molecule has 0 aromatic heterocycles. The van der Waals surface area contributed by atoms with Crippen LogP contribution in [0, 0.1) is 11.7 Å². The van der Waals surface area contributed by atoms with Crippen LogP contribution >= 0.6 is 0 Å². The molecule has 2 atom stereocenters. The maximum atomic E-state index is 13.5. The number of hydrogen-bond donors (Lipinski definition) is 0. The highest BCUT2D eigenvalue weighted by Gasteiger charge is 2.39. The van der Waals surface area contributed by atoms with E-state index in [1.54, 1.807) is 12.1 Å². The van der Waals surface area contributed by atoms with Crippen LogP contribution in [0.5, 0.6) is 0 Å². The van der Waals surface area contributed by atoms with E-state index < -0.39 is 23.8 Å². The van der Waals surface area contributed by atoms with E-state index in [1.165, 1.54) is 19.1 Å². The first-order valence-electron chi connectivity index (χ1n) is 5.04. The molecule has 1 aromatic rings. The highest BCUT2D eigenvalue weighted by Crippen LogP contribution is 2.36. The Hall–Kier alpha value is -1.71. The molecule has 16 heavy (non-hydrogen) atoms. The van der Waals surface area contributed by atoms with E-state index in [4.69, 9.17) is 4.74 Å². The second kappa shape index (κ2) is 4.04. The highest BCUT2D eigenvalue weighted by atomic mass is 19.1. The first kappa shape index (κ1) is 10.8. The molecule has 1 saturated heterocycles. The minimum Gasteiger partial charge on any atom is -0.457 e. The van der Waals surface area contributed by atoms with Gasteiger partial charge in [0, 0.05) is 5.56 Å². The van der Waals surface area contributed by atoms with Gasteiger partial charge in [0.25, 0.3) is 0 Å². The third-order valence-electron chi connectivity index (χ3n) is 2.74. The van der Waals surface area contributed by atoms with Crippen molar-refractivity contribution in [3.8, 4) is 0 Å². The SMILES string of the molecule is CC(=O)[C@H]1CC(=O)O[C@@H]1c1ccccc1F. The minimum atomic E-state index is -0.772. The number of Topliss-reactive ketones (excluding diaryl/α,β-unsaturated/α-hetero) is 1. The van der Waals surface area contributed by atoms with Crippen LogP contribution in [0.25, 0.3) is 0 Å². The number of carbonyl (C=O) groups is 2. The predicted molar refractivity (Wildman–Crippen MR) is 54.0 cm³/mol. The summed E-state index contributed by atoms with van der Waals surface area (Å²) in [5.74, 6) is -1.62. The molecular weight excluding hydrogens is 211 g/mol. The first-order valence-corrected chi connectivity index (χ1v) is 5.04. The van der Waals surface area contributed by atoms with Crippen LogP contribution < -0.4 is 0 Å². The molecule has 84 valence electrons. The zero-order valence-corrected chi connectivity index (χ0v) is 8.77. The van der Waals surface area contributed by atoms with Gasteiger partial charge in [-0.3, -0.25) is 9.59 Å². The molecule has 0 spiro atoms. The van der Waals surface area contributed by atoms with E-state index in [0.29, 0.717) is 0 Å². The third kappa shape index (κ3) is 1.83. The Labute approximate surface area is 92.2 Å². The van der Waals surface area contributed by atoms with Crippen molar-refractivity contribution in [2.24, 2.45) is 5.92 Å². The number of halogens is 1. The molecule has 0 aliphatic carbocycles. The van der Waals surface area contributed by atoms with Crippen molar-refractivity contribution < 1.29 is 18.7 Å². The second-order valence-electron chi connectivity index (χ2n) is 3.85. The molecule has 0 bridgehead atoms. The van der Waals surface area contributed by atoms with Crippen LogP contribution in [-0.2, 0) is 14.3 Å². The van der Waals surface area contributed by atoms with E-state index >= 15 is 0 Å². The lowest BCUT2D eigenvalue weighted by molar-refractivity contribution is -0.141. The Bertz CT molecular complexity index is 442. The maximum Gasteiger partial charge on any atom is 0.307 e. The summed E-state index contributed by atoms with van der Waals surface area (Å²) in [6.45, 7) is 1.39. The van der Waals surface area contributed by atoms with E-state index in [2.05, 4.69) is 0 Å². The fourth-order valence-electron chi connectivity index (χ4n) is 1.90. The van der Waals surface area contributed by atoms with Crippen LogP contribution in [0.15, 0.2) is 24.3 Å². The number of carbonyl (C=O) groups excluding carboxylic acids is 2. The van der Waals surface area contributed by atoms with Crippen molar-refractivity contribution in [1.29, 1.82) is 0 Å². The topological polar surface area (TPSA) is 43.4 Å². The van der Waals surface area contributed by atoms with Gasteiger partial charge in [0.2, 0.25) is 0 Å². The Morgan fingerprint density at radius 3 is 2.75 bits per heavy atom. The number of benzene rings is 1. The van der Waals surface area contributed by atoms with Crippen LogP contribution in [0.1, 0.15) is 25.0 Å². The summed E-state index contributed by atoms with van der Waals surface area (Å²) in [5.41, 5.74) is 0.272. The van der Waals surface area contributed by atoms with Gasteiger partial charge in [-0.1, -0.05) is 18.2 Å². The van der Waals surface area contributed by atoms with Crippen molar-refractivity contribution in [3.63, 3.8) is 0 Å². The lowest BCUT2D eigenvalue weighted by Gasteiger charge is -2.15. The van der Waals surface area contributed by atoms with E-state index in [9.17, 15) is 14.0 Å². The first-order chi connectivity index (χ1) is 7.59. The van der Waals surface area contributed by atoms with Crippen molar-refractivity contribution in [2.45, 2.75) is 19.4 Å². The number of ether oxygens (including phenoxy) is 1. The summed E-state index contributed by atoms with van der Waals surface area (Å²) >= 11 is 0. The Morgan fingerprint density at radius 2 is 2.12 bits per heavy atom. The third-order valence-corrected chi connectivity index (χ3v) is 2.74. The molecule has 1 fully saturated rings. The molecule has 1 aliphatic heterocycles. The van der Waals surface area contributed by atoms with Gasteiger partial charge in [-0.05, 0) is 13.0 Å². The van der Waals surface area contributed by atoms with Crippen molar-refractivity contribution in [3.05, 3.63) is 35.6 Å². The predicted octanol–water partition coefficient (Wildman–Crippen LogP) is 2.02. The molecule has 4 heteroatoms. The van der Waals surface area contributed by atoms with Crippen LogP contribution in [0.3, 0.4) is 0 Å². The molecule has 0 radical (unpaired) electrons. The average molecular weight is 222 g/mol. The molecular formula is C12H11FO3. The van der Waals surface area contributed by atoms with Gasteiger partial charge in [-0.15, -0.1) is 0 Å². The standard InChI is InChI=1S/C12H11FO3/c1-7(14)9-6-11(15)16-12(9)8-4-2-3-5-10(8)13/h2-5,9,12H,6H2,1H3/t9-,12-/m1/s1. The zero-order valence-electron chi connectivity index (χ0n) is 8.77. The van der Waals surface area contributed by atoms with Gasteiger partial charge in [0.1, 0.15) is 17.7 Å². The summed E-state index contributed by atoms with van der Waals surface area (Å²) in [7, 11) is 0. The number of esters is 1. The molecule has 0 saturated carbocycles. The lowest BCUT2D eigenvalue weighted by Crippen LogP contribution is -2.16. The van der Waals surface area contributed by atoms with E-state index in [-0.39, 0.29) is 17.8 Å².